The Bertz CT molecular complexity index is 1010. The van der Waals surface area contributed by atoms with Crippen LogP contribution in [0.4, 0.5) is 0 Å². The Labute approximate surface area is 153 Å². The maximum Gasteiger partial charge on any atom is 0.258 e. The zero-order chi connectivity index (χ0) is 18.1. The van der Waals surface area contributed by atoms with Gasteiger partial charge in [-0.05, 0) is 37.6 Å². The zero-order valence-corrected chi connectivity index (χ0v) is 15.0. The van der Waals surface area contributed by atoms with Gasteiger partial charge in [-0.3, -0.25) is 9.59 Å². The Kier molecular flexibility index (Phi) is 4.54. The second-order valence-electron chi connectivity index (χ2n) is 6.33. The van der Waals surface area contributed by atoms with E-state index in [9.17, 15) is 9.59 Å². The molecule has 4 rings (SSSR count). The lowest BCUT2D eigenvalue weighted by Crippen LogP contribution is -2.43. The Hall–Kier alpha value is -2.55. The number of amides is 1. The van der Waals surface area contributed by atoms with Crippen molar-refractivity contribution in [3.8, 4) is 0 Å². The number of nitrogens with one attached hydrogen (secondary N) is 4. The van der Waals surface area contributed by atoms with Crippen LogP contribution in [0.25, 0.3) is 10.9 Å². The number of aromatic amines is 1. The molecule has 3 heterocycles. The van der Waals surface area contributed by atoms with Gasteiger partial charge in [-0.15, -0.1) is 11.3 Å². The molecule has 1 saturated heterocycles. The molecule has 26 heavy (non-hydrogen) atoms. The number of H-pyrrole nitrogens is 1. The third-order valence-electron chi connectivity index (χ3n) is 4.42. The minimum Gasteiger partial charge on any atom is -0.347 e. The minimum atomic E-state index is -0.324. The van der Waals surface area contributed by atoms with Gasteiger partial charge in [0.05, 0.1) is 23.5 Å². The number of thiophene rings is 1. The average Bonchev–Trinajstić information content (AvgIpc) is 3.29. The number of benzene rings is 1. The fourth-order valence-electron chi connectivity index (χ4n) is 3.07. The van der Waals surface area contributed by atoms with Gasteiger partial charge in [-0.25, -0.2) is 15.8 Å². The first-order valence-corrected chi connectivity index (χ1v) is 9.25. The Morgan fingerprint density at radius 3 is 2.92 bits per heavy atom. The number of aryl methyl sites for hydroxylation is 1. The Balaban J connectivity index is 1.39. The van der Waals surface area contributed by atoms with Crippen LogP contribution < -0.4 is 21.7 Å². The van der Waals surface area contributed by atoms with Crippen molar-refractivity contribution in [2.45, 2.75) is 32.0 Å². The number of fused-ring (bicyclic) bond motifs is 1. The largest absolute Gasteiger partial charge is 0.347 e. The van der Waals surface area contributed by atoms with Gasteiger partial charge in [-0.1, -0.05) is 12.1 Å². The predicted molar refractivity (Wildman–Crippen MR) is 101 cm³/mol. The molecule has 1 aliphatic rings. The second-order valence-corrected chi connectivity index (χ2v) is 7.65. The first-order valence-electron chi connectivity index (χ1n) is 8.43. The van der Waals surface area contributed by atoms with E-state index in [2.05, 4.69) is 45.2 Å². The summed E-state index contributed by atoms with van der Waals surface area (Å²) in [6, 6.07) is 11.1. The van der Waals surface area contributed by atoms with E-state index in [0.717, 1.165) is 0 Å². The summed E-state index contributed by atoms with van der Waals surface area (Å²) in [6.07, 6.45) is 0.674. The highest BCUT2D eigenvalue weighted by Gasteiger charge is 2.30. The molecular weight excluding hydrogens is 350 g/mol. The van der Waals surface area contributed by atoms with E-state index in [-0.39, 0.29) is 30.1 Å². The van der Waals surface area contributed by atoms with Gasteiger partial charge in [0.1, 0.15) is 11.9 Å². The second kappa shape index (κ2) is 6.99. The quantitative estimate of drug-likeness (QED) is 0.559. The van der Waals surface area contributed by atoms with E-state index in [1.807, 2.05) is 6.07 Å². The lowest BCUT2D eigenvalue weighted by atomic mass is 10.1. The van der Waals surface area contributed by atoms with Crippen LogP contribution in [-0.4, -0.2) is 21.9 Å². The number of hydrogen-bond acceptors (Lipinski definition) is 6. The van der Waals surface area contributed by atoms with Crippen LogP contribution in [0, 0.1) is 6.92 Å². The van der Waals surface area contributed by atoms with Crippen LogP contribution in [0.2, 0.25) is 0 Å². The van der Waals surface area contributed by atoms with E-state index in [1.54, 1.807) is 29.5 Å². The molecule has 0 aliphatic carbocycles. The van der Waals surface area contributed by atoms with Crippen molar-refractivity contribution in [3.05, 3.63) is 62.3 Å². The lowest BCUT2D eigenvalue weighted by molar-refractivity contribution is -0.123. The normalized spacial score (nSPS) is 19.7. The molecule has 0 bridgehead atoms. The standard InChI is InChI=1S/C18H19N5O2S/c1-10-6-7-15(26-10)13-8-14(23-22-13)18(25)19-9-16-20-12-5-3-2-4-11(12)17(24)21-16/h2-7,13-14,22-23H,8-9H2,1H3,(H,19,25)(H,20,21,24). The lowest BCUT2D eigenvalue weighted by Gasteiger charge is -2.10. The summed E-state index contributed by atoms with van der Waals surface area (Å²) in [6.45, 7) is 2.25. The zero-order valence-electron chi connectivity index (χ0n) is 14.2. The molecular formula is C18H19N5O2S. The van der Waals surface area contributed by atoms with Crippen molar-refractivity contribution in [1.82, 2.24) is 26.1 Å². The molecule has 8 heteroatoms. The minimum absolute atomic E-state index is 0.121. The topological polar surface area (TPSA) is 98.9 Å². The van der Waals surface area contributed by atoms with Crippen LogP contribution >= 0.6 is 11.3 Å². The number of rotatable bonds is 4. The summed E-state index contributed by atoms with van der Waals surface area (Å²) in [7, 11) is 0. The summed E-state index contributed by atoms with van der Waals surface area (Å²) in [4.78, 5) is 34.1. The third kappa shape index (κ3) is 3.39. The number of nitrogens with zero attached hydrogens (tertiary/aromatic N) is 1. The summed E-state index contributed by atoms with van der Waals surface area (Å²) >= 11 is 1.73. The van der Waals surface area contributed by atoms with Gasteiger partial charge in [0.2, 0.25) is 5.91 Å². The number of carbonyl (C=O) groups is 1. The van der Waals surface area contributed by atoms with Crippen LogP contribution in [0.5, 0.6) is 0 Å². The maximum absolute atomic E-state index is 12.4. The molecule has 0 radical (unpaired) electrons. The fourth-order valence-corrected chi connectivity index (χ4v) is 4.01. The smallest absolute Gasteiger partial charge is 0.258 e. The number of hydrogen-bond donors (Lipinski definition) is 4. The van der Waals surface area contributed by atoms with Gasteiger partial charge in [-0.2, -0.15) is 0 Å². The Morgan fingerprint density at radius 1 is 1.27 bits per heavy atom. The van der Waals surface area contributed by atoms with Crippen LogP contribution in [0.15, 0.2) is 41.2 Å². The van der Waals surface area contributed by atoms with E-state index in [1.165, 1.54) is 9.75 Å². The highest BCUT2D eigenvalue weighted by atomic mass is 32.1. The number of carbonyl (C=O) groups excluding carboxylic acids is 1. The third-order valence-corrected chi connectivity index (χ3v) is 5.53. The van der Waals surface area contributed by atoms with Crippen molar-refractivity contribution in [2.75, 3.05) is 0 Å². The first-order chi connectivity index (χ1) is 12.6. The molecule has 1 fully saturated rings. The molecule has 1 aromatic carbocycles. The summed E-state index contributed by atoms with van der Waals surface area (Å²) in [5.41, 5.74) is 6.64. The van der Waals surface area contributed by atoms with Crippen molar-refractivity contribution in [2.24, 2.45) is 0 Å². The summed E-state index contributed by atoms with van der Waals surface area (Å²) in [5, 5.41) is 3.38. The number of aromatic nitrogens is 2. The first kappa shape index (κ1) is 16.9. The summed E-state index contributed by atoms with van der Waals surface area (Å²) < 4.78 is 0. The molecule has 3 aromatic rings. The van der Waals surface area contributed by atoms with Crippen molar-refractivity contribution < 1.29 is 4.79 Å². The SMILES string of the molecule is Cc1ccc(C2CC(C(=O)NCc3nc4ccccc4c(=O)[nH]3)NN2)s1. The molecule has 2 unspecified atom stereocenters. The fraction of sp³-hybridized carbons (Fsp3) is 0.278. The van der Waals surface area contributed by atoms with E-state index < -0.39 is 0 Å². The Morgan fingerprint density at radius 2 is 2.12 bits per heavy atom. The van der Waals surface area contributed by atoms with Crippen molar-refractivity contribution in [3.63, 3.8) is 0 Å². The van der Waals surface area contributed by atoms with Crippen LogP contribution in [0.1, 0.15) is 28.0 Å². The van der Waals surface area contributed by atoms with Crippen molar-refractivity contribution in [1.29, 1.82) is 0 Å². The highest BCUT2D eigenvalue weighted by Crippen LogP contribution is 2.28. The summed E-state index contributed by atoms with van der Waals surface area (Å²) in [5.74, 6) is 0.322. The van der Waals surface area contributed by atoms with Gasteiger partial charge >= 0.3 is 0 Å². The number of para-hydroxylation sites is 1. The molecule has 2 aromatic heterocycles. The molecule has 134 valence electrons. The van der Waals surface area contributed by atoms with E-state index >= 15 is 0 Å². The monoisotopic (exact) mass is 369 g/mol. The van der Waals surface area contributed by atoms with E-state index in [4.69, 9.17) is 0 Å². The maximum atomic E-state index is 12.4. The molecule has 1 amide bonds. The number of hydrazine groups is 1. The van der Waals surface area contributed by atoms with Gasteiger partial charge < -0.3 is 10.3 Å². The average molecular weight is 369 g/mol. The van der Waals surface area contributed by atoms with Crippen molar-refractivity contribution >= 4 is 28.1 Å². The van der Waals surface area contributed by atoms with Gasteiger partial charge in [0.15, 0.2) is 0 Å². The molecule has 0 spiro atoms. The molecule has 2 atom stereocenters. The molecule has 0 saturated carbocycles. The van der Waals surface area contributed by atoms with Gasteiger partial charge in [0, 0.05) is 9.75 Å². The molecule has 7 nitrogen and oxygen atoms in total. The van der Waals surface area contributed by atoms with E-state index in [0.29, 0.717) is 23.1 Å². The predicted octanol–water partition coefficient (Wildman–Crippen LogP) is 1.52. The van der Waals surface area contributed by atoms with Gasteiger partial charge in [0.25, 0.3) is 5.56 Å². The van der Waals surface area contributed by atoms with Crippen LogP contribution in [-0.2, 0) is 11.3 Å². The van der Waals surface area contributed by atoms with Crippen LogP contribution in [0.3, 0.4) is 0 Å². The molecule has 1 aliphatic heterocycles. The molecule has 4 N–H and O–H groups in total. The highest BCUT2D eigenvalue weighted by molar-refractivity contribution is 7.12.